The van der Waals surface area contributed by atoms with Crippen molar-refractivity contribution in [3.8, 4) is 22.0 Å². The number of amides is 10. The highest BCUT2D eigenvalue weighted by Gasteiger charge is 2.33. The van der Waals surface area contributed by atoms with Gasteiger partial charge in [0.25, 0.3) is 53.2 Å². The van der Waals surface area contributed by atoms with E-state index in [9.17, 15) is 58.2 Å². The number of aliphatic hydroxyl groups excluding tert-OH is 2. The van der Waals surface area contributed by atoms with Crippen molar-refractivity contribution in [1.29, 1.82) is 0 Å². The van der Waals surface area contributed by atoms with Crippen LogP contribution in [0.5, 0.6) is 0 Å². The van der Waals surface area contributed by atoms with Crippen LogP contribution in [0.4, 0.5) is 0 Å². The van der Waals surface area contributed by atoms with Crippen molar-refractivity contribution >= 4 is 98.8 Å². The third-order valence-electron chi connectivity index (χ3n) is 12.0. The maximum Gasteiger partial charge on any atom is 0.278 e. The number of fused-ring (bicyclic) bond motifs is 13. The van der Waals surface area contributed by atoms with Crippen LogP contribution >= 0.6 is 22.7 Å². The van der Waals surface area contributed by atoms with E-state index >= 15 is 0 Å². The van der Waals surface area contributed by atoms with E-state index in [2.05, 4.69) is 105 Å². The van der Waals surface area contributed by atoms with E-state index in [1.807, 2.05) is 5.32 Å². The van der Waals surface area contributed by atoms with Gasteiger partial charge < -0.3 is 81.8 Å². The van der Waals surface area contributed by atoms with Crippen molar-refractivity contribution in [3.05, 3.63) is 159 Å². The minimum Gasteiger partial charge on any atom is -0.440 e. The lowest BCUT2D eigenvalue weighted by molar-refractivity contribution is -0.124. The first-order valence-electron chi connectivity index (χ1n) is 25.7. The summed E-state index contributed by atoms with van der Waals surface area (Å²) >= 11 is 1.81. The lowest BCUT2D eigenvalue weighted by Crippen LogP contribution is -2.52. The van der Waals surface area contributed by atoms with Gasteiger partial charge in [-0.15, -0.1) is 22.7 Å². The highest BCUT2D eigenvalue weighted by atomic mass is 32.1. The number of nitrogens with zero attached hydrogens (tertiary/aromatic N) is 6. The van der Waals surface area contributed by atoms with E-state index in [-0.39, 0.29) is 102 Å². The molecular weight excluding hydrogens is 1200 g/mol. The highest BCUT2D eigenvalue weighted by molar-refractivity contribution is 7.13. The standard InChI is InChI=1S/C55H54N16O16S2/c1-13-30-51-69-37(27(10)86-51)48(82)60-23(6)43(77)61-24(7)50-68-36(26(9)85-50)39-29(14-15-31(62-39)44(78)59-22(5)42(76)58-21(4)41(75)57-20(3)40(56)74)54-65-34(17-88-54)46(80)67-35(25(8)73)47(81)64-32(16-19(2)72)52-70-38(28(11)87-52)49(83)71-53(84-12)55-66-33(18-89-55)45(79)63-30/h13-19,25,35,53,72-73H,3-7H2,1-2,8-12H3,(H2,56,74)(H,57,75)(H,58,76)(H,59,78)(H,60,82)(H,61,77)(H,63,79)(H,64,81)(H,67,80)(H,71,83)/b30-13-,32-16-. The topological polar surface area (TPSA) is 471 Å². The quantitative estimate of drug-likeness (QED) is 0.0863. The summed E-state index contributed by atoms with van der Waals surface area (Å²) < 4.78 is 22.9. The second-order valence-corrected chi connectivity index (χ2v) is 20.5. The first kappa shape index (κ1) is 65.3. The number of ether oxygens (including phenoxy) is 1. The first-order chi connectivity index (χ1) is 42.0. The normalized spacial score (nSPS) is 17.0. The summed E-state index contributed by atoms with van der Waals surface area (Å²) in [6.07, 6.45) is -1.61. The van der Waals surface area contributed by atoms with Gasteiger partial charge in [-0.2, -0.15) is 0 Å². The number of pyridine rings is 1. The number of aliphatic hydroxyl groups is 2. The molecule has 0 aromatic carbocycles. The van der Waals surface area contributed by atoms with Crippen LogP contribution in [-0.2, 0) is 28.7 Å². The minimum atomic E-state index is -1.74. The van der Waals surface area contributed by atoms with Crippen molar-refractivity contribution in [1.82, 2.24) is 77.8 Å². The van der Waals surface area contributed by atoms with Gasteiger partial charge in [-0.1, -0.05) is 39.0 Å². The number of hydrogen-bond acceptors (Lipinski definition) is 24. The van der Waals surface area contributed by atoms with Crippen LogP contribution in [0.15, 0.2) is 104 Å². The summed E-state index contributed by atoms with van der Waals surface area (Å²) in [5, 5.41) is 45.4. The Morgan fingerprint density at radius 1 is 0.652 bits per heavy atom. The highest BCUT2D eigenvalue weighted by Crippen LogP contribution is 2.35. The smallest absolute Gasteiger partial charge is 0.278 e. The number of allylic oxidation sites excluding steroid dienone is 1. The number of aromatic nitrogens is 6. The molecule has 6 aromatic rings. The Bertz CT molecular complexity index is 4080. The molecule has 0 spiro atoms. The Hall–Kier alpha value is -11.2. The summed E-state index contributed by atoms with van der Waals surface area (Å²) in [5.74, 6) is -11.0. The average Bonchev–Trinajstić information content (AvgIpc) is 1.77. The summed E-state index contributed by atoms with van der Waals surface area (Å²) in [6.45, 7) is 26.0. The predicted octanol–water partition coefficient (Wildman–Crippen LogP) is 1.43. The monoisotopic (exact) mass is 1260 g/mol. The van der Waals surface area contributed by atoms with Crippen LogP contribution in [0.2, 0.25) is 0 Å². The van der Waals surface area contributed by atoms with Gasteiger partial charge in [-0.3, -0.25) is 47.9 Å². The number of thiazole rings is 2. The Kier molecular flexibility index (Phi) is 20.2. The minimum absolute atomic E-state index is 0.00301. The summed E-state index contributed by atoms with van der Waals surface area (Å²) in [4.78, 5) is 159. The molecule has 7 rings (SSSR count). The summed E-state index contributed by atoms with van der Waals surface area (Å²) in [7, 11) is 1.25. The molecule has 4 atom stereocenters. The maximum absolute atomic E-state index is 14.0. The van der Waals surface area contributed by atoms with Crippen molar-refractivity contribution in [2.45, 2.75) is 66.0 Å². The Morgan fingerprint density at radius 3 is 1.83 bits per heavy atom. The molecule has 0 aliphatic carbocycles. The maximum atomic E-state index is 14.0. The molecule has 32 nitrogen and oxygen atoms in total. The molecule has 10 bridgehead atoms. The Morgan fingerprint density at radius 2 is 1.21 bits per heavy atom. The lowest BCUT2D eigenvalue weighted by Gasteiger charge is -2.21. The zero-order chi connectivity index (χ0) is 65.5. The van der Waals surface area contributed by atoms with Gasteiger partial charge in [0.15, 0.2) is 17.6 Å². The number of nitrogens with two attached hydrogens (primary N) is 1. The van der Waals surface area contributed by atoms with Crippen LogP contribution in [0, 0.1) is 20.8 Å². The van der Waals surface area contributed by atoms with Crippen molar-refractivity contribution in [2.75, 3.05) is 7.11 Å². The molecule has 7 heterocycles. The second-order valence-electron chi connectivity index (χ2n) is 18.7. The van der Waals surface area contributed by atoms with Crippen molar-refractivity contribution in [2.24, 2.45) is 5.73 Å². The van der Waals surface area contributed by atoms with Gasteiger partial charge >= 0.3 is 0 Å². The number of rotatable bonds is 10. The molecule has 462 valence electrons. The van der Waals surface area contributed by atoms with Gasteiger partial charge in [-0.05, 0) is 59.8 Å². The number of oxazole rings is 3. The van der Waals surface area contributed by atoms with E-state index in [1.165, 1.54) is 70.7 Å². The van der Waals surface area contributed by atoms with Crippen molar-refractivity contribution < 1.29 is 76.1 Å². The molecule has 4 unspecified atom stereocenters. The van der Waals surface area contributed by atoms with Gasteiger partial charge in [0.2, 0.25) is 23.6 Å². The van der Waals surface area contributed by atoms with E-state index in [1.54, 1.807) is 6.92 Å². The van der Waals surface area contributed by atoms with Crippen molar-refractivity contribution in [3.63, 3.8) is 0 Å². The first-order valence-corrected chi connectivity index (χ1v) is 27.4. The molecule has 0 fully saturated rings. The number of aryl methyl sites for hydroxylation is 3. The number of primary amides is 1. The molecule has 34 heteroatoms. The molecular formula is C55H54N16O16S2. The molecule has 1 aliphatic rings. The van der Waals surface area contributed by atoms with E-state index in [0.717, 1.165) is 28.7 Å². The molecule has 0 saturated heterocycles. The second kappa shape index (κ2) is 27.4. The van der Waals surface area contributed by atoms with Gasteiger partial charge in [-0.25, -0.2) is 29.9 Å². The zero-order valence-corrected chi connectivity index (χ0v) is 49.6. The molecule has 6 aromatic heterocycles. The predicted molar refractivity (Wildman–Crippen MR) is 313 cm³/mol. The Balaban J connectivity index is 1.25. The van der Waals surface area contributed by atoms with Gasteiger partial charge in [0.1, 0.15) is 73.2 Å². The largest absolute Gasteiger partial charge is 0.440 e. The third-order valence-corrected chi connectivity index (χ3v) is 13.8. The average molecular weight is 1260 g/mol. The summed E-state index contributed by atoms with van der Waals surface area (Å²) in [5.41, 5.74) is 0.606. The zero-order valence-electron chi connectivity index (χ0n) is 48.0. The van der Waals surface area contributed by atoms with Crippen LogP contribution in [0.3, 0.4) is 0 Å². The molecule has 89 heavy (non-hydrogen) atoms. The van der Waals surface area contributed by atoms with E-state index in [4.69, 9.17) is 23.7 Å². The van der Waals surface area contributed by atoms with Crippen LogP contribution in [-0.4, -0.2) is 125 Å². The van der Waals surface area contributed by atoms with E-state index in [0.29, 0.717) is 0 Å². The summed E-state index contributed by atoms with van der Waals surface area (Å²) in [6, 6.07) is 0.792. The molecule has 0 saturated carbocycles. The number of carbonyl (C=O) groups excluding carboxylic acids is 10. The SMILES string of the molecule is C=C(NC(=O)C(=C)NC(=O)C(=C)NC(=O)c1ccc2c(n1)-c1nc(oc1C)C(=C)NC(=O)C(=C)NC(=O)c1nc(oc1C)/C(=C/C)NC(=O)c1csc(n1)C(OC)NC(=O)c1nc(oc1C)/C(=C/C(C)O)NC(=O)C(C(C)O)NC(=O)c1csc-2n1)C(N)=O. The number of nitrogens with one attached hydrogen (secondary N) is 9. The lowest BCUT2D eigenvalue weighted by atomic mass is 10.1. The number of hydrogen-bond donors (Lipinski definition) is 12. The fraction of sp³-hybridized carbons (Fsp3) is 0.200. The van der Waals surface area contributed by atoms with E-state index < -0.39 is 112 Å². The van der Waals surface area contributed by atoms with Crippen LogP contribution in [0.25, 0.3) is 39.1 Å². The Labute approximate surface area is 510 Å². The fourth-order valence-corrected chi connectivity index (χ4v) is 9.19. The molecule has 1 aliphatic heterocycles. The van der Waals surface area contributed by atoms with Crippen LogP contribution < -0.4 is 53.6 Å². The number of carbonyl (C=O) groups is 10. The molecule has 0 radical (unpaired) electrons. The third kappa shape index (κ3) is 15.3. The van der Waals surface area contributed by atoms with Gasteiger partial charge in [0, 0.05) is 23.4 Å². The van der Waals surface area contributed by atoms with Crippen LogP contribution in [0.1, 0.15) is 119 Å². The molecule has 10 amide bonds. The fourth-order valence-electron chi connectivity index (χ4n) is 7.55. The number of methoxy groups -OCH3 is 1. The molecule has 13 N–H and O–H groups in total. The van der Waals surface area contributed by atoms with Gasteiger partial charge in [0.05, 0.1) is 40.7 Å².